The Bertz CT molecular complexity index is 347. The number of rotatable bonds is 3. The third-order valence-electron chi connectivity index (χ3n) is 1.63. The SMILES string of the molecule is COc1ccc(I)c(NC(=O)CN)c1.Cl. The molecule has 6 heteroatoms. The van der Waals surface area contributed by atoms with E-state index in [-0.39, 0.29) is 24.9 Å². The minimum absolute atomic E-state index is 0. The van der Waals surface area contributed by atoms with Gasteiger partial charge in [0.1, 0.15) is 5.75 Å². The number of carbonyl (C=O) groups excluding carboxylic acids is 1. The van der Waals surface area contributed by atoms with Crippen molar-refractivity contribution < 1.29 is 9.53 Å². The smallest absolute Gasteiger partial charge is 0.238 e. The molecule has 3 N–H and O–H groups in total. The molecule has 0 aromatic heterocycles. The second kappa shape index (κ2) is 6.86. The van der Waals surface area contributed by atoms with E-state index in [4.69, 9.17) is 10.5 Å². The van der Waals surface area contributed by atoms with Crippen LogP contribution in [0.4, 0.5) is 5.69 Å². The number of hydrogen-bond acceptors (Lipinski definition) is 3. The number of carbonyl (C=O) groups is 1. The molecule has 0 bridgehead atoms. The highest BCUT2D eigenvalue weighted by Crippen LogP contribution is 2.23. The van der Waals surface area contributed by atoms with Crippen LogP contribution in [-0.4, -0.2) is 19.6 Å². The molecule has 1 amide bonds. The molecule has 0 unspecified atom stereocenters. The van der Waals surface area contributed by atoms with Crippen LogP contribution >= 0.6 is 35.0 Å². The van der Waals surface area contributed by atoms with E-state index in [1.807, 2.05) is 12.1 Å². The van der Waals surface area contributed by atoms with E-state index in [1.165, 1.54) is 0 Å². The molecule has 0 heterocycles. The first kappa shape index (κ1) is 14.5. The Kier molecular flexibility index (Phi) is 6.62. The fourth-order valence-electron chi connectivity index (χ4n) is 0.928. The standard InChI is InChI=1S/C9H11IN2O2.ClH/c1-14-6-2-3-7(10)8(4-6)12-9(13)5-11;/h2-4H,5,11H2,1H3,(H,12,13);1H. The number of nitrogens with two attached hydrogens (primary N) is 1. The van der Waals surface area contributed by atoms with Crippen molar-refractivity contribution in [3.05, 3.63) is 21.8 Å². The number of benzene rings is 1. The molecule has 0 aliphatic carbocycles. The van der Waals surface area contributed by atoms with Crippen LogP contribution in [0.15, 0.2) is 18.2 Å². The van der Waals surface area contributed by atoms with Gasteiger partial charge < -0.3 is 15.8 Å². The van der Waals surface area contributed by atoms with Crippen molar-refractivity contribution >= 4 is 46.6 Å². The normalized spacial score (nSPS) is 9.00. The summed E-state index contributed by atoms with van der Waals surface area (Å²) in [7, 11) is 1.58. The zero-order chi connectivity index (χ0) is 10.6. The zero-order valence-electron chi connectivity index (χ0n) is 8.12. The lowest BCUT2D eigenvalue weighted by atomic mass is 10.3. The van der Waals surface area contributed by atoms with Crippen LogP contribution < -0.4 is 15.8 Å². The predicted octanol–water partition coefficient (Wildman–Crippen LogP) is 1.62. The van der Waals surface area contributed by atoms with E-state index in [0.29, 0.717) is 5.75 Å². The van der Waals surface area contributed by atoms with E-state index in [2.05, 4.69) is 27.9 Å². The van der Waals surface area contributed by atoms with Gasteiger partial charge >= 0.3 is 0 Å². The first-order valence-electron chi connectivity index (χ1n) is 4.01. The highest BCUT2D eigenvalue weighted by atomic mass is 127. The van der Waals surface area contributed by atoms with Crippen molar-refractivity contribution in [2.45, 2.75) is 0 Å². The largest absolute Gasteiger partial charge is 0.497 e. The summed E-state index contributed by atoms with van der Waals surface area (Å²) in [5, 5.41) is 2.68. The van der Waals surface area contributed by atoms with E-state index in [9.17, 15) is 4.79 Å². The van der Waals surface area contributed by atoms with Gasteiger partial charge in [0.25, 0.3) is 0 Å². The Hall–Kier alpha value is -0.530. The topological polar surface area (TPSA) is 64.3 Å². The van der Waals surface area contributed by atoms with E-state index >= 15 is 0 Å². The summed E-state index contributed by atoms with van der Waals surface area (Å²) in [5.41, 5.74) is 5.92. The first-order chi connectivity index (χ1) is 6.67. The second-order valence-electron chi connectivity index (χ2n) is 2.60. The third-order valence-corrected chi connectivity index (χ3v) is 2.57. The Balaban J connectivity index is 0.00000196. The van der Waals surface area contributed by atoms with Gasteiger partial charge in [-0.15, -0.1) is 12.4 Å². The predicted molar refractivity (Wildman–Crippen MR) is 70.6 cm³/mol. The van der Waals surface area contributed by atoms with Crippen molar-refractivity contribution in [3.63, 3.8) is 0 Å². The number of amides is 1. The van der Waals surface area contributed by atoms with E-state index in [0.717, 1.165) is 9.26 Å². The molecule has 0 radical (unpaired) electrons. The summed E-state index contributed by atoms with van der Waals surface area (Å²) in [6.45, 7) is -0.0205. The quantitative estimate of drug-likeness (QED) is 0.821. The number of nitrogens with one attached hydrogen (secondary N) is 1. The Morgan fingerprint density at radius 2 is 2.27 bits per heavy atom. The highest BCUT2D eigenvalue weighted by Gasteiger charge is 2.04. The summed E-state index contributed by atoms with van der Waals surface area (Å²) >= 11 is 2.13. The highest BCUT2D eigenvalue weighted by molar-refractivity contribution is 14.1. The Morgan fingerprint density at radius 3 is 2.80 bits per heavy atom. The third kappa shape index (κ3) is 4.23. The molecule has 0 atom stereocenters. The minimum Gasteiger partial charge on any atom is -0.497 e. The number of methoxy groups -OCH3 is 1. The molecule has 0 saturated heterocycles. The van der Waals surface area contributed by atoms with Crippen LogP contribution in [0.25, 0.3) is 0 Å². The molecule has 1 aromatic carbocycles. The number of halogens is 2. The van der Waals surface area contributed by atoms with E-state index < -0.39 is 0 Å². The molecule has 15 heavy (non-hydrogen) atoms. The van der Waals surface area contributed by atoms with Crippen molar-refractivity contribution in [2.75, 3.05) is 19.0 Å². The molecule has 1 aromatic rings. The van der Waals surface area contributed by atoms with Crippen LogP contribution in [0.1, 0.15) is 0 Å². The maximum absolute atomic E-state index is 11.1. The molecule has 0 aliphatic heterocycles. The number of anilines is 1. The van der Waals surface area contributed by atoms with Gasteiger partial charge in [-0.2, -0.15) is 0 Å². The van der Waals surface area contributed by atoms with Gasteiger partial charge in [-0.3, -0.25) is 4.79 Å². The van der Waals surface area contributed by atoms with Crippen LogP contribution in [0.5, 0.6) is 5.75 Å². The Labute approximate surface area is 108 Å². The van der Waals surface area contributed by atoms with Gasteiger partial charge in [-0.25, -0.2) is 0 Å². The molecular weight excluding hydrogens is 330 g/mol. The fraction of sp³-hybridized carbons (Fsp3) is 0.222. The molecule has 0 saturated carbocycles. The lowest BCUT2D eigenvalue weighted by molar-refractivity contribution is -0.114. The molecule has 0 spiro atoms. The molecule has 1 rings (SSSR count). The summed E-state index contributed by atoms with van der Waals surface area (Å²) < 4.78 is 5.99. The van der Waals surface area contributed by atoms with Crippen LogP contribution in [-0.2, 0) is 4.79 Å². The van der Waals surface area contributed by atoms with Gasteiger partial charge in [0.2, 0.25) is 5.91 Å². The first-order valence-corrected chi connectivity index (χ1v) is 5.08. The van der Waals surface area contributed by atoms with Gasteiger partial charge in [0.15, 0.2) is 0 Å². The van der Waals surface area contributed by atoms with E-state index in [1.54, 1.807) is 13.2 Å². The summed E-state index contributed by atoms with van der Waals surface area (Å²) in [5.74, 6) is 0.494. The molecule has 84 valence electrons. The van der Waals surface area contributed by atoms with Crippen molar-refractivity contribution in [3.8, 4) is 5.75 Å². The Morgan fingerprint density at radius 1 is 1.60 bits per heavy atom. The maximum atomic E-state index is 11.1. The van der Waals surface area contributed by atoms with Gasteiger partial charge in [-0.1, -0.05) is 0 Å². The average molecular weight is 343 g/mol. The second-order valence-corrected chi connectivity index (χ2v) is 3.76. The van der Waals surface area contributed by atoms with Gasteiger partial charge in [-0.05, 0) is 34.7 Å². The number of hydrogen-bond donors (Lipinski definition) is 2. The van der Waals surface area contributed by atoms with Crippen LogP contribution in [0, 0.1) is 3.57 Å². The summed E-state index contributed by atoms with van der Waals surface area (Å²) in [6.07, 6.45) is 0. The monoisotopic (exact) mass is 342 g/mol. The van der Waals surface area contributed by atoms with Crippen molar-refractivity contribution in [1.29, 1.82) is 0 Å². The van der Waals surface area contributed by atoms with Crippen LogP contribution in [0.2, 0.25) is 0 Å². The fourth-order valence-corrected chi connectivity index (χ4v) is 1.40. The summed E-state index contributed by atoms with van der Waals surface area (Å²) in [6, 6.07) is 5.46. The van der Waals surface area contributed by atoms with Gasteiger partial charge in [0.05, 0.1) is 19.3 Å². The van der Waals surface area contributed by atoms with Crippen LogP contribution in [0.3, 0.4) is 0 Å². The molecule has 4 nitrogen and oxygen atoms in total. The van der Waals surface area contributed by atoms with Gasteiger partial charge in [0, 0.05) is 9.64 Å². The molecule has 0 fully saturated rings. The summed E-state index contributed by atoms with van der Waals surface area (Å²) in [4.78, 5) is 11.1. The minimum atomic E-state index is -0.212. The number of ether oxygens (including phenoxy) is 1. The van der Waals surface area contributed by atoms with Crippen molar-refractivity contribution in [1.82, 2.24) is 0 Å². The maximum Gasteiger partial charge on any atom is 0.238 e. The molecule has 0 aliphatic rings. The van der Waals surface area contributed by atoms with Crippen molar-refractivity contribution in [2.24, 2.45) is 5.73 Å². The lowest BCUT2D eigenvalue weighted by Crippen LogP contribution is -2.22. The zero-order valence-corrected chi connectivity index (χ0v) is 11.1. The molecular formula is C9H12ClIN2O2. The lowest BCUT2D eigenvalue weighted by Gasteiger charge is -2.08. The average Bonchev–Trinajstić information content (AvgIpc) is 2.21.